The van der Waals surface area contributed by atoms with Crippen LogP contribution in [-0.2, 0) is 19.1 Å². The molecule has 6 nitrogen and oxygen atoms in total. The van der Waals surface area contributed by atoms with E-state index in [2.05, 4.69) is 5.32 Å². The van der Waals surface area contributed by atoms with Gasteiger partial charge in [-0.25, -0.2) is 0 Å². The van der Waals surface area contributed by atoms with Crippen molar-refractivity contribution >= 4 is 11.9 Å². The predicted octanol–water partition coefficient (Wildman–Crippen LogP) is 1.72. The molecule has 1 heterocycles. The number of ether oxygens (including phenoxy) is 2. The van der Waals surface area contributed by atoms with E-state index in [9.17, 15) is 14.7 Å². The molecule has 1 aliphatic carbocycles. The van der Waals surface area contributed by atoms with Crippen LogP contribution in [0.5, 0.6) is 0 Å². The summed E-state index contributed by atoms with van der Waals surface area (Å²) in [5.41, 5.74) is 0. The standard InChI is InChI=1S/C16H27NO5/c18-15(8-10-21-11-12-5-4-9-22-12)17-14-7-3-1-2-6-13(14)16(19)20/h12-14H,1-11H2,(H,17,18)(H,19,20)/t12-,13+,14+/m0/s1. The molecule has 6 heteroatoms. The molecule has 0 aromatic carbocycles. The van der Waals surface area contributed by atoms with Crippen LogP contribution in [0, 0.1) is 5.92 Å². The number of hydrogen-bond donors (Lipinski definition) is 2. The third-order valence-electron chi connectivity index (χ3n) is 4.48. The van der Waals surface area contributed by atoms with Crippen LogP contribution in [0.25, 0.3) is 0 Å². The maximum Gasteiger partial charge on any atom is 0.308 e. The fourth-order valence-electron chi connectivity index (χ4n) is 3.21. The normalized spacial score (nSPS) is 29.0. The minimum atomic E-state index is -0.804. The fraction of sp³-hybridized carbons (Fsp3) is 0.875. The Morgan fingerprint density at radius 2 is 1.95 bits per heavy atom. The third-order valence-corrected chi connectivity index (χ3v) is 4.48. The summed E-state index contributed by atoms with van der Waals surface area (Å²) in [6.45, 7) is 1.69. The number of carboxylic acid groups (broad SMARTS) is 1. The van der Waals surface area contributed by atoms with Crippen molar-refractivity contribution in [1.82, 2.24) is 5.32 Å². The molecule has 22 heavy (non-hydrogen) atoms. The lowest BCUT2D eigenvalue weighted by Gasteiger charge is -2.23. The monoisotopic (exact) mass is 313 g/mol. The average molecular weight is 313 g/mol. The second-order valence-electron chi connectivity index (χ2n) is 6.22. The molecule has 2 fully saturated rings. The number of rotatable bonds is 7. The van der Waals surface area contributed by atoms with Crippen molar-refractivity contribution in [2.24, 2.45) is 5.92 Å². The van der Waals surface area contributed by atoms with Gasteiger partial charge in [0.1, 0.15) is 0 Å². The van der Waals surface area contributed by atoms with Gasteiger partial charge in [0.25, 0.3) is 0 Å². The lowest BCUT2D eigenvalue weighted by Crippen LogP contribution is -2.43. The number of nitrogens with one attached hydrogen (secondary N) is 1. The van der Waals surface area contributed by atoms with Gasteiger partial charge in [-0.2, -0.15) is 0 Å². The SMILES string of the molecule is O=C(CCOC[C@@H]1CCCO1)N[C@@H]1CCCCC[C@H]1C(=O)O. The molecule has 0 unspecified atom stereocenters. The Labute approximate surface area is 131 Å². The van der Waals surface area contributed by atoms with Gasteiger partial charge in [-0.1, -0.05) is 19.3 Å². The Hall–Kier alpha value is -1.14. The highest BCUT2D eigenvalue weighted by atomic mass is 16.5. The van der Waals surface area contributed by atoms with Crippen molar-refractivity contribution in [2.75, 3.05) is 19.8 Å². The summed E-state index contributed by atoms with van der Waals surface area (Å²) in [6.07, 6.45) is 6.88. The number of carbonyl (C=O) groups is 2. The number of amides is 1. The van der Waals surface area contributed by atoms with E-state index < -0.39 is 11.9 Å². The van der Waals surface area contributed by atoms with Crippen molar-refractivity contribution in [2.45, 2.75) is 63.5 Å². The summed E-state index contributed by atoms with van der Waals surface area (Å²) in [5, 5.41) is 12.2. The van der Waals surface area contributed by atoms with Crippen LogP contribution in [0.4, 0.5) is 0 Å². The van der Waals surface area contributed by atoms with Gasteiger partial charge in [-0.05, 0) is 25.7 Å². The van der Waals surface area contributed by atoms with Gasteiger partial charge < -0.3 is 19.9 Å². The molecule has 0 aromatic heterocycles. The van der Waals surface area contributed by atoms with Gasteiger partial charge >= 0.3 is 5.97 Å². The zero-order valence-corrected chi connectivity index (χ0v) is 13.1. The van der Waals surface area contributed by atoms with Gasteiger partial charge in [-0.3, -0.25) is 9.59 Å². The Bertz CT molecular complexity index is 368. The Morgan fingerprint density at radius 3 is 2.68 bits per heavy atom. The predicted molar refractivity (Wildman–Crippen MR) is 80.6 cm³/mol. The average Bonchev–Trinajstić information content (AvgIpc) is 2.89. The van der Waals surface area contributed by atoms with Gasteiger partial charge in [-0.15, -0.1) is 0 Å². The van der Waals surface area contributed by atoms with Gasteiger partial charge in [0.2, 0.25) is 5.91 Å². The largest absolute Gasteiger partial charge is 0.481 e. The summed E-state index contributed by atoms with van der Waals surface area (Å²) >= 11 is 0. The van der Waals surface area contributed by atoms with E-state index >= 15 is 0 Å². The summed E-state index contributed by atoms with van der Waals surface area (Å²) in [7, 11) is 0. The minimum absolute atomic E-state index is 0.120. The van der Waals surface area contributed by atoms with Gasteiger partial charge in [0.15, 0.2) is 0 Å². The van der Waals surface area contributed by atoms with E-state index in [0.29, 0.717) is 19.6 Å². The Kier molecular flexibility index (Phi) is 7.12. The van der Waals surface area contributed by atoms with E-state index in [4.69, 9.17) is 9.47 Å². The molecule has 2 N–H and O–H groups in total. The zero-order chi connectivity index (χ0) is 15.8. The summed E-state index contributed by atoms with van der Waals surface area (Å²) in [4.78, 5) is 23.3. The summed E-state index contributed by atoms with van der Waals surface area (Å²) < 4.78 is 10.9. The smallest absolute Gasteiger partial charge is 0.308 e. The molecule has 126 valence electrons. The molecule has 0 bridgehead atoms. The first kappa shape index (κ1) is 17.2. The van der Waals surface area contributed by atoms with Crippen LogP contribution in [0.1, 0.15) is 51.4 Å². The van der Waals surface area contributed by atoms with E-state index in [1.807, 2.05) is 0 Å². The summed E-state index contributed by atoms with van der Waals surface area (Å²) in [5.74, 6) is -1.38. The molecular weight excluding hydrogens is 286 g/mol. The molecule has 0 aromatic rings. The highest BCUT2D eigenvalue weighted by molar-refractivity contribution is 5.78. The lowest BCUT2D eigenvalue weighted by atomic mass is 9.95. The molecule has 0 spiro atoms. The maximum absolute atomic E-state index is 12.0. The second-order valence-corrected chi connectivity index (χ2v) is 6.22. The zero-order valence-electron chi connectivity index (χ0n) is 13.1. The number of aliphatic carboxylic acids is 1. The minimum Gasteiger partial charge on any atom is -0.481 e. The molecular formula is C16H27NO5. The number of carbonyl (C=O) groups excluding carboxylic acids is 1. The quantitative estimate of drug-likeness (QED) is 0.552. The van der Waals surface area contributed by atoms with Crippen LogP contribution in [0.15, 0.2) is 0 Å². The highest BCUT2D eigenvalue weighted by Crippen LogP contribution is 2.24. The molecule has 0 radical (unpaired) electrons. The molecule has 2 rings (SSSR count). The van der Waals surface area contributed by atoms with E-state index in [-0.39, 0.29) is 24.5 Å². The summed E-state index contributed by atoms with van der Waals surface area (Å²) in [6, 6.07) is -0.245. The van der Waals surface area contributed by atoms with Crippen LogP contribution < -0.4 is 5.32 Å². The van der Waals surface area contributed by atoms with Gasteiger partial charge in [0, 0.05) is 19.1 Å². The van der Waals surface area contributed by atoms with Crippen molar-refractivity contribution in [1.29, 1.82) is 0 Å². The maximum atomic E-state index is 12.0. The molecule has 1 aliphatic heterocycles. The first-order valence-electron chi connectivity index (χ1n) is 8.38. The molecule has 1 amide bonds. The van der Waals surface area contributed by atoms with Crippen molar-refractivity contribution in [3.63, 3.8) is 0 Å². The molecule has 1 saturated heterocycles. The van der Waals surface area contributed by atoms with Crippen molar-refractivity contribution in [3.05, 3.63) is 0 Å². The van der Waals surface area contributed by atoms with E-state index in [0.717, 1.165) is 45.1 Å². The second kappa shape index (κ2) is 9.10. The molecule has 2 aliphatic rings. The van der Waals surface area contributed by atoms with E-state index in [1.54, 1.807) is 0 Å². The van der Waals surface area contributed by atoms with Crippen LogP contribution in [0.3, 0.4) is 0 Å². The third kappa shape index (κ3) is 5.57. The van der Waals surface area contributed by atoms with Crippen LogP contribution in [0.2, 0.25) is 0 Å². The van der Waals surface area contributed by atoms with Crippen molar-refractivity contribution < 1.29 is 24.2 Å². The Morgan fingerprint density at radius 1 is 1.14 bits per heavy atom. The van der Waals surface area contributed by atoms with Crippen molar-refractivity contribution in [3.8, 4) is 0 Å². The fourth-order valence-corrected chi connectivity index (χ4v) is 3.21. The first-order chi connectivity index (χ1) is 10.7. The highest BCUT2D eigenvalue weighted by Gasteiger charge is 2.30. The number of hydrogen-bond acceptors (Lipinski definition) is 4. The topological polar surface area (TPSA) is 84.9 Å². The first-order valence-corrected chi connectivity index (χ1v) is 8.38. The van der Waals surface area contributed by atoms with Crippen LogP contribution in [-0.4, -0.2) is 48.9 Å². The molecule has 1 saturated carbocycles. The lowest BCUT2D eigenvalue weighted by molar-refractivity contribution is -0.143. The Balaban J connectivity index is 1.66. The van der Waals surface area contributed by atoms with Crippen LogP contribution >= 0.6 is 0 Å². The van der Waals surface area contributed by atoms with Gasteiger partial charge in [0.05, 0.1) is 25.2 Å². The van der Waals surface area contributed by atoms with E-state index in [1.165, 1.54) is 0 Å². The molecule has 3 atom stereocenters. The number of carboxylic acids is 1.